The highest BCUT2D eigenvalue weighted by molar-refractivity contribution is 5.77. The molecule has 2 aromatic rings. The molecule has 1 aliphatic rings. The van der Waals surface area contributed by atoms with Gasteiger partial charge in [0.15, 0.2) is 5.52 Å². The molecule has 0 spiro atoms. The van der Waals surface area contributed by atoms with Gasteiger partial charge in [-0.25, -0.2) is 4.98 Å². The van der Waals surface area contributed by atoms with Crippen molar-refractivity contribution in [1.29, 1.82) is 0 Å². The fraction of sp³-hybridized carbons (Fsp3) is 0.643. The summed E-state index contributed by atoms with van der Waals surface area (Å²) < 4.78 is 8.96. The molecule has 7 heteroatoms. The second-order valence-corrected chi connectivity index (χ2v) is 5.84. The molecule has 1 fully saturated rings. The number of rotatable bonds is 1. The van der Waals surface area contributed by atoms with Gasteiger partial charge in [-0.3, -0.25) is 14.0 Å². The van der Waals surface area contributed by atoms with Crippen LogP contribution in [0.2, 0.25) is 0 Å². The van der Waals surface area contributed by atoms with Gasteiger partial charge in [0.1, 0.15) is 5.52 Å². The number of nitrogens with zero attached hydrogens (tertiary/aromatic N) is 5. The summed E-state index contributed by atoms with van der Waals surface area (Å²) in [6.45, 7) is 7.41. The van der Waals surface area contributed by atoms with Crippen molar-refractivity contribution in [2.75, 3.05) is 18.0 Å². The Kier molecular flexibility index (Phi) is 3.24. The Morgan fingerprint density at radius 1 is 1.19 bits per heavy atom. The number of aryl methyl sites for hydroxylation is 2. The van der Waals surface area contributed by atoms with Crippen molar-refractivity contribution in [3.8, 4) is 0 Å². The van der Waals surface area contributed by atoms with Gasteiger partial charge in [0.25, 0.3) is 5.56 Å². The summed E-state index contributed by atoms with van der Waals surface area (Å²) in [7, 11) is 3.54. The molecule has 3 rings (SSSR count). The van der Waals surface area contributed by atoms with Gasteiger partial charge in [-0.1, -0.05) is 0 Å². The second kappa shape index (κ2) is 4.84. The van der Waals surface area contributed by atoms with Crippen LogP contribution in [0, 0.1) is 6.92 Å². The van der Waals surface area contributed by atoms with Crippen LogP contribution in [0.5, 0.6) is 0 Å². The van der Waals surface area contributed by atoms with E-state index in [1.54, 1.807) is 23.3 Å². The third-order valence-corrected chi connectivity index (χ3v) is 3.91. The van der Waals surface area contributed by atoms with E-state index in [1.165, 1.54) is 0 Å². The van der Waals surface area contributed by atoms with Crippen molar-refractivity contribution < 1.29 is 4.74 Å². The van der Waals surface area contributed by atoms with Crippen LogP contribution >= 0.6 is 0 Å². The molecule has 7 nitrogen and oxygen atoms in total. The Morgan fingerprint density at radius 2 is 1.81 bits per heavy atom. The fourth-order valence-corrected chi connectivity index (χ4v) is 3.07. The first-order valence-electron chi connectivity index (χ1n) is 7.19. The minimum absolute atomic E-state index is 0.0649. The molecule has 0 N–H and O–H groups in total. The van der Waals surface area contributed by atoms with E-state index in [2.05, 4.69) is 10.00 Å². The van der Waals surface area contributed by atoms with E-state index in [9.17, 15) is 4.79 Å². The van der Waals surface area contributed by atoms with Crippen molar-refractivity contribution in [2.24, 2.45) is 14.1 Å². The maximum absolute atomic E-state index is 12.6. The van der Waals surface area contributed by atoms with Gasteiger partial charge in [-0.2, -0.15) is 5.10 Å². The molecule has 0 radical (unpaired) electrons. The Hall–Kier alpha value is -1.89. The Labute approximate surface area is 123 Å². The average molecular weight is 291 g/mol. The van der Waals surface area contributed by atoms with Crippen LogP contribution in [-0.2, 0) is 18.8 Å². The first kappa shape index (κ1) is 14.1. The molecule has 114 valence electrons. The molecule has 0 unspecified atom stereocenters. The lowest BCUT2D eigenvalue weighted by Gasteiger charge is -2.36. The molecule has 0 aliphatic carbocycles. The summed E-state index contributed by atoms with van der Waals surface area (Å²) in [5.74, 6) is 0.686. The van der Waals surface area contributed by atoms with Crippen molar-refractivity contribution in [3.05, 3.63) is 16.0 Å². The van der Waals surface area contributed by atoms with Crippen LogP contribution in [0.4, 0.5) is 5.95 Å². The predicted molar refractivity (Wildman–Crippen MR) is 80.7 cm³/mol. The third-order valence-electron chi connectivity index (χ3n) is 3.91. The molecule has 2 aromatic heterocycles. The molecule has 2 atom stereocenters. The zero-order chi connectivity index (χ0) is 15.3. The minimum atomic E-state index is -0.0649. The number of ether oxygens (including phenoxy) is 1. The summed E-state index contributed by atoms with van der Waals surface area (Å²) in [6.07, 6.45) is 0.243. The number of morpholine rings is 1. The van der Waals surface area contributed by atoms with Crippen molar-refractivity contribution in [3.63, 3.8) is 0 Å². The molecule has 0 saturated carbocycles. The lowest BCUT2D eigenvalue weighted by atomic mass is 10.2. The van der Waals surface area contributed by atoms with Crippen LogP contribution in [0.15, 0.2) is 4.79 Å². The molecule has 0 aromatic carbocycles. The van der Waals surface area contributed by atoms with Crippen LogP contribution in [0.1, 0.15) is 19.5 Å². The van der Waals surface area contributed by atoms with Gasteiger partial charge in [0.05, 0.1) is 17.9 Å². The summed E-state index contributed by atoms with van der Waals surface area (Å²) in [4.78, 5) is 19.4. The topological polar surface area (TPSA) is 65.2 Å². The number of hydrogen-bond donors (Lipinski definition) is 0. The Balaban J connectivity index is 2.17. The fourth-order valence-electron chi connectivity index (χ4n) is 3.07. The van der Waals surface area contributed by atoms with Crippen molar-refractivity contribution in [2.45, 2.75) is 33.0 Å². The molecule has 21 heavy (non-hydrogen) atoms. The van der Waals surface area contributed by atoms with Crippen LogP contribution in [0.25, 0.3) is 11.0 Å². The highest BCUT2D eigenvalue weighted by atomic mass is 16.5. The smallest absolute Gasteiger partial charge is 0.280 e. The molecule has 0 bridgehead atoms. The normalized spacial score (nSPS) is 23.0. The van der Waals surface area contributed by atoms with Crippen LogP contribution in [0.3, 0.4) is 0 Å². The second-order valence-electron chi connectivity index (χ2n) is 5.84. The minimum Gasteiger partial charge on any atom is -0.372 e. The van der Waals surface area contributed by atoms with Gasteiger partial charge in [0, 0.05) is 27.2 Å². The monoisotopic (exact) mass is 291 g/mol. The SMILES string of the molecule is Cc1nn(C)c2c(=O)n(C)c(N3C[C@@H](C)O[C@H](C)C3)nc12. The van der Waals surface area contributed by atoms with E-state index in [-0.39, 0.29) is 17.8 Å². The van der Waals surface area contributed by atoms with E-state index in [0.29, 0.717) is 17.0 Å². The van der Waals surface area contributed by atoms with Crippen LogP contribution < -0.4 is 10.5 Å². The summed E-state index contributed by atoms with van der Waals surface area (Å²) in [6, 6.07) is 0. The van der Waals surface area contributed by atoms with E-state index >= 15 is 0 Å². The highest BCUT2D eigenvalue weighted by Crippen LogP contribution is 2.20. The predicted octanol–water partition coefficient (Wildman–Crippen LogP) is 0.589. The van der Waals surface area contributed by atoms with E-state index in [4.69, 9.17) is 9.72 Å². The van der Waals surface area contributed by atoms with Crippen LogP contribution in [-0.4, -0.2) is 44.6 Å². The van der Waals surface area contributed by atoms with E-state index in [1.807, 2.05) is 20.8 Å². The van der Waals surface area contributed by atoms with Crippen molar-refractivity contribution in [1.82, 2.24) is 19.3 Å². The number of anilines is 1. The molecule has 1 saturated heterocycles. The third kappa shape index (κ3) is 2.21. The average Bonchev–Trinajstić information content (AvgIpc) is 2.67. The quantitative estimate of drug-likeness (QED) is 0.769. The first-order valence-corrected chi connectivity index (χ1v) is 7.19. The maximum Gasteiger partial charge on any atom is 0.280 e. The van der Waals surface area contributed by atoms with E-state index < -0.39 is 0 Å². The zero-order valence-corrected chi connectivity index (χ0v) is 13.1. The van der Waals surface area contributed by atoms with Gasteiger partial charge in [-0.05, 0) is 20.8 Å². The zero-order valence-electron chi connectivity index (χ0n) is 13.1. The summed E-state index contributed by atoms with van der Waals surface area (Å²) in [5.41, 5.74) is 1.95. The molecule has 1 aliphatic heterocycles. The lowest BCUT2D eigenvalue weighted by Crippen LogP contribution is -2.47. The molecule has 0 amide bonds. The summed E-state index contributed by atoms with van der Waals surface area (Å²) in [5, 5.41) is 4.31. The summed E-state index contributed by atoms with van der Waals surface area (Å²) >= 11 is 0. The lowest BCUT2D eigenvalue weighted by molar-refractivity contribution is -0.00590. The van der Waals surface area contributed by atoms with Gasteiger partial charge < -0.3 is 9.64 Å². The Morgan fingerprint density at radius 3 is 2.43 bits per heavy atom. The molecular formula is C14H21N5O2. The Bertz CT molecular complexity index is 738. The molecule has 3 heterocycles. The largest absolute Gasteiger partial charge is 0.372 e. The first-order chi connectivity index (χ1) is 9.88. The van der Waals surface area contributed by atoms with Gasteiger partial charge in [-0.15, -0.1) is 0 Å². The highest BCUT2D eigenvalue weighted by Gasteiger charge is 2.26. The van der Waals surface area contributed by atoms with Gasteiger partial charge in [0.2, 0.25) is 5.95 Å². The standard InChI is InChI=1S/C14H21N5O2/c1-8-6-19(7-9(2)21-8)14-15-11-10(3)16-18(5)12(11)13(20)17(14)4/h8-9H,6-7H2,1-5H3/t8-,9-/m1/s1. The maximum atomic E-state index is 12.6. The molecular weight excluding hydrogens is 270 g/mol. The number of aromatic nitrogens is 4. The number of fused-ring (bicyclic) bond motifs is 1. The number of hydrogen-bond acceptors (Lipinski definition) is 5. The van der Waals surface area contributed by atoms with E-state index in [0.717, 1.165) is 18.8 Å². The van der Waals surface area contributed by atoms with Crippen molar-refractivity contribution >= 4 is 17.0 Å². The van der Waals surface area contributed by atoms with Gasteiger partial charge >= 0.3 is 0 Å².